The number of hydrogen-bond donors (Lipinski definition) is 4. The normalized spacial score (nSPS) is 11.1. The highest BCUT2D eigenvalue weighted by Gasteiger charge is 2.09. The minimum Gasteiger partial charge on any atom is -0.480 e. The second-order valence-electron chi connectivity index (χ2n) is 4.05. The summed E-state index contributed by atoms with van der Waals surface area (Å²) in [5.74, 6) is -0.933. The van der Waals surface area contributed by atoms with Crippen molar-refractivity contribution in [2.45, 2.75) is 25.3 Å². The van der Waals surface area contributed by atoms with E-state index in [1.54, 1.807) is 12.1 Å². The van der Waals surface area contributed by atoms with Crippen molar-refractivity contribution in [3.05, 3.63) is 34.4 Å². The SMILES string of the molecule is NCCCCC(N)C(=O)O.Nc1ccccc1[N+](=O)[O-]. The van der Waals surface area contributed by atoms with Crippen molar-refractivity contribution in [1.82, 2.24) is 0 Å². The van der Waals surface area contributed by atoms with Gasteiger partial charge in [-0.3, -0.25) is 14.9 Å². The standard InChI is InChI=1S/C6H6N2O2.C6H14N2O2/c7-5-3-1-2-4-6(5)8(9)10;7-4-2-1-3-5(8)6(9)10/h1-4H,7H2;5H,1-4,7-8H2,(H,9,10). The Bertz CT molecular complexity index is 439. The first kappa shape index (κ1) is 17.8. The number of nitro groups is 1. The number of para-hydroxylation sites is 2. The van der Waals surface area contributed by atoms with Gasteiger partial charge in [-0.2, -0.15) is 0 Å². The van der Waals surface area contributed by atoms with Gasteiger partial charge in [-0.25, -0.2) is 0 Å². The Morgan fingerprint density at radius 1 is 1.35 bits per heavy atom. The highest BCUT2D eigenvalue weighted by molar-refractivity contribution is 5.72. The molecule has 0 spiro atoms. The van der Waals surface area contributed by atoms with Gasteiger partial charge in [0.25, 0.3) is 5.69 Å². The van der Waals surface area contributed by atoms with E-state index in [9.17, 15) is 14.9 Å². The summed E-state index contributed by atoms with van der Waals surface area (Å²) in [5.41, 5.74) is 15.9. The van der Waals surface area contributed by atoms with Crippen LogP contribution in [-0.4, -0.2) is 28.6 Å². The van der Waals surface area contributed by atoms with Gasteiger partial charge >= 0.3 is 5.97 Å². The first-order valence-corrected chi connectivity index (χ1v) is 6.07. The van der Waals surface area contributed by atoms with Crippen LogP contribution in [0.3, 0.4) is 0 Å². The molecule has 0 radical (unpaired) electrons. The van der Waals surface area contributed by atoms with E-state index in [1.807, 2.05) is 0 Å². The van der Waals surface area contributed by atoms with Gasteiger partial charge in [0, 0.05) is 6.07 Å². The molecule has 0 aromatic heterocycles. The minimum absolute atomic E-state index is 0.0394. The van der Waals surface area contributed by atoms with Gasteiger partial charge < -0.3 is 22.3 Å². The van der Waals surface area contributed by atoms with E-state index in [1.165, 1.54) is 12.1 Å². The molecule has 0 heterocycles. The number of unbranched alkanes of at least 4 members (excludes halogenated alkanes) is 1. The summed E-state index contributed by atoms with van der Waals surface area (Å²) in [5, 5.41) is 18.5. The monoisotopic (exact) mass is 284 g/mol. The summed E-state index contributed by atoms with van der Waals surface area (Å²) in [6.07, 6.45) is 2.16. The van der Waals surface area contributed by atoms with E-state index in [0.717, 1.165) is 12.8 Å². The number of carboxylic acids is 1. The number of hydrogen-bond acceptors (Lipinski definition) is 6. The molecule has 112 valence electrons. The lowest BCUT2D eigenvalue weighted by Gasteiger charge is -2.03. The molecule has 7 N–H and O–H groups in total. The maximum Gasteiger partial charge on any atom is 0.320 e. The van der Waals surface area contributed by atoms with Crippen LogP contribution < -0.4 is 17.2 Å². The lowest BCUT2D eigenvalue weighted by atomic mass is 10.1. The van der Waals surface area contributed by atoms with Crippen molar-refractivity contribution in [3.8, 4) is 0 Å². The third-order valence-electron chi connectivity index (χ3n) is 2.42. The molecule has 0 bridgehead atoms. The van der Waals surface area contributed by atoms with Crippen LogP contribution in [0.1, 0.15) is 19.3 Å². The van der Waals surface area contributed by atoms with E-state index in [4.69, 9.17) is 22.3 Å². The Morgan fingerprint density at radius 3 is 2.35 bits per heavy atom. The zero-order valence-corrected chi connectivity index (χ0v) is 11.1. The maximum absolute atomic E-state index is 10.1. The molecule has 0 aliphatic carbocycles. The number of nitro benzene ring substituents is 1. The minimum atomic E-state index is -0.933. The number of nitrogens with two attached hydrogens (primary N) is 3. The Labute approximate surface area is 116 Å². The molecule has 1 aromatic carbocycles. The van der Waals surface area contributed by atoms with Crippen molar-refractivity contribution in [2.24, 2.45) is 11.5 Å². The van der Waals surface area contributed by atoms with Gasteiger partial charge in [0.15, 0.2) is 0 Å². The van der Waals surface area contributed by atoms with Crippen LogP contribution in [0.4, 0.5) is 11.4 Å². The second-order valence-corrected chi connectivity index (χ2v) is 4.05. The van der Waals surface area contributed by atoms with E-state index in [0.29, 0.717) is 13.0 Å². The van der Waals surface area contributed by atoms with Crippen molar-refractivity contribution in [3.63, 3.8) is 0 Å². The number of nitrogen functional groups attached to an aromatic ring is 1. The molecule has 0 saturated carbocycles. The third kappa shape index (κ3) is 7.29. The molecule has 1 aromatic rings. The molecule has 0 saturated heterocycles. The van der Waals surface area contributed by atoms with Gasteiger partial charge in [-0.15, -0.1) is 0 Å². The Hall–Kier alpha value is -2.19. The highest BCUT2D eigenvalue weighted by atomic mass is 16.6. The van der Waals surface area contributed by atoms with Crippen molar-refractivity contribution in [1.29, 1.82) is 0 Å². The molecule has 1 atom stereocenters. The molecule has 0 aliphatic rings. The van der Waals surface area contributed by atoms with Crippen molar-refractivity contribution in [2.75, 3.05) is 12.3 Å². The summed E-state index contributed by atoms with van der Waals surface area (Å²) in [6.45, 7) is 0.604. The van der Waals surface area contributed by atoms with E-state index >= 15 is 0 Å². The average Bonchev–Trinajstić information content (AvgIpc) is 2.39. The predicted octanol–water partition coefficient (Wildman–Crippen LogP) is 0.704. The van der Waals surface area contributed by atoms with Crippen LogP contribution in [0, 0.1) is 10.1 Å². The lowest BCUT2D eigenvalue weighted by Crippen LogP contribution is -2.29. The van der Waals surface area contributed by atoms with Crippen molar-refractivity contribution < 1.29 is 14.8 Å². The number of anilines is 1. The van der Waals surface area contributed by atoms with E-state index < -0.39 is 16.9 Å². The Balaban J connectivity index is 0.000000361. The Kier molecular flexibility index (Phi) is 8.64. The van der Waals surface area contributed by atoms with Crippen LogP contribution in [0.2, 0.25) is 0 Å². The fourth-order valence-corrected chi connectivity index (χ4v) is 1.29. The molecule has 1 rings (SSSR count). The van der Waals surface area contributed by atoms with Crippen LogP contribution in [0.5, 0.6) is 0 Å². The average molecular weight is 284 g/mol. The van der Waals surface area contributed by atoms with Gasteiger partial charge in [0.1, 0.15) is 11.7 Å². The fourth-order valence-electron chi connectivity index (χ4n) is 1.29. The van der Waals surface area contributed by atoms with E-state index in [2.05, 4.69) is 0 Å². The van der Waals surface area contributed by atoms with Crippen LogP contribution in [0.25, 0.3) is 0 Å². The maximum atomic E-state index is 10.1. The molecular weight excluding hydrogens is 264 g/mol. The summed E-state index contributed by atoms with van der Waals surface area (Å²) in [6, 6.07) is 5.39. The largest absolute Gasteiger partial charge is 0.480 e. The van der Waals surface area contributed by atoms with E-state index in [-0.39, 0.29) is 11.4 Å². The van der Waals surface area contributed by atoms with Gasteiger partial charge in [-0.05, 0) is 25.5 Å². The molecule has 8 nitrogen and oxygen atoms in total. The number of rotatable bonds is 6. The second kappa shape index (κ2) is 9.70. The molecule has 0 amide bonds. The zero-order chi connectivity index (χ0) is 15.5. The van der Waals surface area contributed by atoms with Gasteiger partial charge in [0.05, 0.1) is 4.92 Å². The zero-order valence-electron chi connectivity index (χ0n) is 11.1. The fraction of sp³-hybridized carbons (Fsp3) is 0.417. The molecule has 8 heteroatoms. The topological polar surface area (TPSA) is 158 Å². The summed E-state index contributed by atoms with van der Waals surface area (Å²) in [7, 11) is 0. The number of aliphatic carboxylic acids is 1. The molecule has 0 aliphatic heterocycles. The molecule has 0 fully saturated rings. The smallest absolute Gasteiger partial charge is 0.320 e. The lowest BCUT2D eigenvalue weighted by molar-refractivity contribution is -0.383. The van der Waals surface area contributed by atoms with Gasteiger partial charge in [-0.1, -0.05) is 18.6 Å². The number of carbonyl (C=O) groups is 1. The van der Waals surface area contributed by atoms with Crippen LogP contribution >= 0.6 is 0 Å². The quantitative estimate of drug-likeness (QED) is 0.259. The molecular formula is C12H20N4O4. The van der Waals surface area contributed by atoms with Crippen molar-refractivity contribution >= 4 is 17.3 Å². The number of carboxylic acid groups (broad SMARTS) is 1. The van der Waals surface area contributed by atoms with Crippen LogP contribution in [-0.2, 0) is 4.79 Å². The summed E-state index contributed by atoms with van der Waals surface area (Å²) < 4.78 is 0. The molecule has 1 unspecified atom stereocenters. The summed E-state index contributed by atoms with van der Waals surface area (Å²) >= 11 is 0. The first-order valence-electron chi connectivity index (χ1n) is 6.07. The van der Waals surface area contributed by atoms with Gasteiger partial charge in [0.2, 0.25) is 0 Å². The predicted molar refractivity (Wildman–Crippen MR) is 76.0 cm³/mol. The number of nitrogens with zero attached hydrogens (tertiary/aromatic N) is 1. The number of benzene rings is 1. The Morgan fingerprint density at radius 2 is 1.95 bits per heavy atom. The first-order chi connectivity index (χ1) is 9.40. The summed E-state index contributed by atoms with van der Waals surface area (Å²) in [4.78, 5) is 19.8. The molecule has 20 heavy (non-hydrogen) atoms. The highest BCUT2D eigenvalue weighted by Crippen LogP contribution is 2.18. The van der Waals surface area contributed by atoms with Crippen LogP contribution in [0.15, 0.2) is 24.3 Å². The third-order valence-corrected chi connectivity index (χ3v) is 2.42.